The molecule has 0 bridgehead atoms. The van der Waals surface area contributed by atoms with Crippen molar-refractivity contribution in [2.24, 2.45) is 79.8 Å². The van der Waals surface area contributed by atoms with Crippen molar-refractivity contribution in [2.45, 2.75) is 165 Å². The van der Waals surface area contributed by atoms with Crippen molar-refractivity contribution in [1.82, 2.24) is 14.9 Å². The summed E-state index contributed by atoms with van der Waals surface area (Å²) in [6.45, 7) is 22.8. The molecule has 0 spiro atoms. The third-order valence-electron chi connectivity index (χ3n) is 21.5. The van der Waals surface area contributed by atoms with Crippen molar-refractivity contribution in [3.05, 3.63) is 78.2 Å². The maximum Gasteiger partial charge on any atom is 0.309 e. The Morgan fingerprint density at radius 2 is 1.45 bits per heavy atom. The number of amides is 1. The first-order chi connectivity index (χ1) is 31.4. The minimum Gasteiger partial charge on any atom is -0.462 e. The van der Waals surface area contributed by atoms with Gasteiger partial charge in [-0.3, -0.25) is 14.4 Å². The van der Waals surface area contributed by atoms with Crippen molar-refractivity contribution in [3.63, 3.8) is 0 Å². The zero-order valence-electron chi connectivity index (χ0n) is 41.7. The number of fused-ring (bicyclic) bond motifs is 7. The Morgan fingerprint density at radius 3 is 2.17 bits per heavy atom. The predicted molar refractivity (Wildman–Crippen MR) is 258 cm³/mol. The van der Waals surface area contributed by atoms with Crippen LogP contribution < -0.4 is 0 Å². The van der Waals surface area contributed by atoms with Gasteiger partial charge < -0.3 is 19.4 Å². The van der Waals surface area contributed by atoms with Crippen LogP contribution in [0, 0.1) is 79.8 Å². The standard InChI is InChI=1S/C58H79N3O5/c1-36(2)39-24-29-58(52(64)61-32-16-21-44(61)49-59-34-43(60-49)38-19-14-11-15-20-38)31-30-56(8)40(48(39)58)22-23-46-55(7)27-26-47(54(5,6)45(55)25-28-57(46,56)9)66-51(63)42-33-41(53(42,3)4)50(62)65-35-37-17-12-10-13-18-37/h10-15,17-20,34,36,39-42,44-48H,16,21-33,35H2,1-9H3,(H,59,60)/t39-,40+,41-,42+,44?,45-,46+,47-,48+,55-,56+,57+,58-/m0/s1. The summed E-state index contributed by atoms with van der Waals surface area (Å²) in [7, 11) is 0. The molecule has 10 rings (SSSR count). The maximum absolute atomic E-state index is 15.6. The fourth-order valence-electron chi connectivity index (χ4n) is 17.6. The third kappa shape index (κ3) is 6.84. The third-order valence-corrected chi connectivity index (χ3v) is 21.5. The van der Waals surface area contributed by atoms with Crippen molar-refractivity contribution in [3.8, 4) is 11.3 Å². The first kappa shape index (κ1) is 45.8. The van der Waals surface area contributed by atoms with E-state index in [0.29, 0.717) is 47.8 Å². The smallest absolute Gasteiger partial charge is 0.309 e. The van der Waals surface area contributed by atoms with Crippen LogP contribution >= 0.6 is 0 Å². The Balaban J connectivity index is 0.848. The number of esters is 2. The van der Waals surface area contributed by atoms with Gasteiger partial charge in [0.1, 0.15) is 18.5 Å². The van der Waals surface area contributed by atoms with E-state index in [9.17, 15) is 9.59 Å². The first-order valence-corrected chi connectivity index (χ1v) is 26.2. The van der Waals surface area contributed by atoms with Gasteiger partial charge in [-0.15, -0.1) is 0 Å². The Hall–Kier alpha value is -3.94. The molecule has 1 unspecified atom stereocenters. The number of imidazole rings is 1. The van der Waals surface area contributed by atoms with E-state index in [0.717, 1.165) is 87.0 Å². The first-order valence-electron chi connectivity index (χ1n) is 26.2. The summed E-state index contributed by atoms with van der Waals surface area (Å²) in [5.41, 5.74) is 2.57. The highest BCUT2D eigenvalue weighted by Gasteiger charge is 2.73. The number of aromatic amines is 1. The molecule has 1 amide bonds. The topological polar surface area (TPSA) is 102 Å². The largest absolute Gasteiger partial charge is 0.462 e. The van der Waals surface area contributed by atoms with Gasteiger partial charge in [0.05, 0.1) is 35.2 Å². The highest BCUT2D eigenvalue weighted by molar-refractivity contribution is 5.85. The van der Waals surface area contributed by atoms with Crippen LogP contribution in [0.4, 0.5) is 0 Å². The predicted octanol–water partition coefficient (Wildman–Crippen LogP) is 12.8. The highest BCUT2D eigenvalue weighted by Crippen LogP contribution is 2.78. The molecule has 2 aromatic carbocycles. The Labute approximate surface area is 395 Å². The lowest BCUT2D eigenvalue weighted by atomic mass is 9.32. The van der Waals surface area contributed by atoms with E-state index >= 15 is 4.79 Å². The van der Waals surface area contributed by atoms with Crippen molar-refractivity contribution in [1.29, 1.82) is 0 Å². The second kappa shape index (κ2) is 16.4. The van der Waals surface area contributed by atoms with E-state index in [1.165, 1.54) is 19.3 Å². The second-order valence-corrected chi connectivity index (χ2v) is 25.0. The molecule has 13 atom stereocenters. The fourth-order valence-corrected chi connectivity index (χ4v) is 17.6. The molecule has 3 aromatic rings. The number of ether oxygens (including phenoxy) is 2. The molecule has 1 saturated heterocycles. The zero-order valence-corrected chi connectivity index (χ0v) is 41.7. The van der Waals surface area contributed by atoms with Crippen LogP contribution in [-0.2, 0) is 30.5 Å². The van der Waals surface area contributed by atoms with Crippen LogP contribution in [0.2, 0.25) is 0 Å². The highest BCUT2D eigenvalue weighted by atomic mass is 16.5. The molecule has 0 radical (unpaired) electrons. The molecule has 356 valence electrons. The molecule has 66 heavy (non-hydrogen) atoms. The van der Waals surface area contributed by atoms with Gasteiger partial charge in [-0.25, -0.2) is 4.98 Å². The number of carbonyl (C=O) groups is 3. The number of H-pyrrole nitrogens is 1. The van der Waals surface area contributed by atoms with E-state index in [2.05, 4.69) is 82.6 Å². The number of rotatable bonds is 9. The molecule has 8 heteroatoms. The van der Waals surface area contributed by atoms with Crippen molar-refractivity contribution >= 4 is 17.8 Å². The van der Waals surface area contributed by atoms with Gasteiger partial charge in [-0.2, -0.15) is 0 Å². The minimum atomic E-state index is -0.517. The van der Waals surface area contributed by atoms with Gasteiger partial charge in [0.15, 0.2) is 0 Å². The molecular formula is C58H79N3O5. The lowest BCUT2D eigenvalue weighted by molar-refractivity contribution is -0.252. The second-order valence-electron chi connectivity index (χ2n) is 25.0. The molecule has 6 aliphatic carbocycles. The quantitative estimate of drug-likeness (QED) is 0.215. The normalized spacial score (nSPS) is 39.7. The number of aromatic nitrogens is 2. The van der Waals surface area contributed by atoms with Crippen molar-refractivity contribution < 1.29 is 23.9 Å². The number of benzene rings is 2. The molecule has 2 heterocycles. The van der Waals surface area contributed by atoms with Gasteiger partial charge in [0.25, 0.3) is 0 Å². The monoisotopic (exact) mass is 898 g/mol. The van der Waals surface area contributed by atoms with Crippen molar-refractivity contribution in [2.75, 3.05) is 6.54 Å². The van der Waals surface area contributed by atoms with Crippen LogP contribution in [0.3, 0.4) is 0 Å². The molecule has 1 N–H and O–H groups in total. The Morgan fingerprint density at radius 1 is 0.742 bits per heavy atom. The Bertz CT molecular complexity index is 2300. The van der Waals surface area contributed by atoms with Crippen LogP contribution in [0.5, 0.6) is 0 Å². The van der Waals surface area contributed by atoms with E-state index in [1.54, 1.807) is 0 Å². The molecule has 7 fully saturated rings. The fraction of sp³-hybridized carbons (Fsp3) is 0.690. The van der Waals surface area contributed by atoms with Gasteiger partial charge in [0, 0.05) is 12.0 Å². The van der Waals surface area contributed by atoms with Crippen LogP contribution in [0.15, 0.2) is 66.9 Å². The molecule has 1 aliphatic heterocycles. The van der Waals surface area contributed by atoms with Gasteiger partial charge in [-0.1, -0.05) is 123 Å². The molecule has 6 saturated carbocycles. The summed E-state index contributed by atoms with van der Waals surface area (Å²) in [5.74, 6) is 3.43. The summed E-state index contributed by atoms with van der Waals surface area (Å²) < 4.78 is 12.4. The average Bonchev–Trinajstić information content (AvgIpc) is 4.07. The number of likely N-dealkylation sites (tertiary alicyclic amines) is 1. The average molecular weight is 898 g/mol. The molecule has 1 aromatic heterocycles. The number of nitrogens with one attached hydrogen (secondary N) is 1. The maximum atomic E-state index is 15.6. The summed E-state index contributed by atoms with van der Waals surface area (Å²) in [4.78, 5) is 53.9. The van der Waals surface area contributed by atoms with E-state index < -0.39 is 5.41 Å². The lowest BCUT2D eigenvalue weighted by Gasteiger charge is -2.73. The molecular weight excluding hydrogens is 819 g/mol. The van der Waals surface area contributed by atoms with E-state index in [4.69, 9.17) is 14.5 Å². The summed E-state index contributed by atoms with van der Waals surface area (Å²) >= 11 is 0. The SMILES string of the molecule is CC(C)[C@@H]1CC[C@]2(C(=O)N3CCCC3c3ncc(-c4ccccc4)[nH]3)CC[C@]3(C)[C@H](CC[C@@H]4[C@@]5(C)CC[C@H](OC(=O)[C@H]6C[C@@H](C(=O)OCc7ccccc7)C6(C)C)C(C)(C)[C@@H]5CC[C@]43C)[C@@H]12. The van der Waals surface area contributed by atoms with Crippen LogP contribution in [-0.4, -0.2) is 45.4 Å². The van der Waals surface area contributed by atoms with E-state index in [1.807, 2.05) is 56.4 Å². The van der Waals surface area contributed by atoms with Crippen LogP contribution in [0.1, 0.15) is 163 Å². The van der Waals surface area contributed by atoms with Gasteiger partial charge in [-0.05, 0) is 152 Å². The molecule has 7 aliphatic rings. The van der Waals surface area contributed by atoms with Crippen LogP contribution in [0.25, 0.3) is 11.3 Å². The minimum absolute atomic E-state index is 0.00345. The lowest BCUT2D eigenvalue weighted by Crippen LogP contribution is -2.67. The zero-order chi connectivity index (χ0) is 46.6. The van der Waals surface area contributed by atoms with E-state index in [-0.39, 0.29) is 69.6 Å². The number of carbonyl (C=O) groups excluding carboxylic acids is 3. The summed E-state index contributed by atoms with van der Waals surface area (Å²) in [6, 6.07) is 20.2. The Kier molecular flexibility index (Phi) is 11.4. The number of hydrogen-bond acceptors (Lipinski definition) is 6. The molecule has 8 nitrogen and oxygen atoms in total. The number of nitrogens with zero attached hydrogens (tertiary/aromatic N) is 2. The van der Waals surface area contributed by atoms with Gasteiger partial charge in [0.2, 0.25) is 5.91 Å². The summed E-state index contributed by atoms with van der Waals surface area (Å²) in [6.07, 6.45) is 15.3. The van der Waals surface area contributed by atoms with Gasteiger partial charge >= 0.3 is 11.9 Å². The summed E-state index contributed by atoms with van der Waals surface area (Å²) in [5, 5.41) is 0. The number of hydrogen-bond donors (Lipinski definition) is 1.